The first-order chi connectivity index (χ1) is 11.1. The summed E-state index contributed by atoms with van der Waals surface area (Å²) in [5, 5.41) is 0. The van der Waals surface area contributed by atoms with Gasteiger partial charge in [0.1, 0.15) is 6.10 Å². The Balaban J connectivity index is 1.73. The molecule has 5 heteroatoms. The second-order valence-corrected chi connectivity index (χ2v) is 5.65. The first kappa shape index (κ1) is 17.0. The summed E-state index contributed by atoms with van der Waals surface area (Å²) < 4.78 is 5.52. The zero-order valence-corrected chi connectivity index (χ0v) is 13.6. The average molecular weight is 314 g/mol. The lowest BCUT2D eigenvalue weighted by Crippen LogP contribution is -2.26. The Kier molecular flexibility index (Phi) is 6.19. The van der Waals surface area contributed by atoms with Gasteiger partial charge in [-0.2, -0.15) is 0 Å². The lowest BCUT2D eigenvalue weighted by atomic mass is 10.2. The van der Waals surface area contributed by atoms with Gasteiger partial charge in [-0.3, -0.25) is 9.69 Å². The van der Waals surface area contributed by atoms with Gasteiger partial charge in [-0.25, -0.2) is 4.79 Å². The normalized spacial score (nSPS) is 17.2. The number of carbonyl (C=O) groups excluding carboxylic acids is 2. The molecule has 1 atom stereocenters. The number of amides is 1. The van der Waals surface area contributed by atoms with Gasteiger partial charge in [-0.05, 0) is 18.6 Å². The van der Waals surface area contributed by atoms with Crippen molar-refractivity contribution in [3.63, 3.8) is 0 Å². The van der Waals surface area contributed by atoms with Crippen LogP contribution in [0.1, 0.15) is 23.7 Å². The zero-order chi connectivity index (χ0) is 16.7. The van der Waals surface area contributed by atoms with E-state index in [-0.39, 0.29) is 18.0 Å². The molecule has 122 valence electrons. The molecule has 1 fully saturated rings. The Bertz CT molecular complexity index is 604. The highest BCUT2D eigenvalue weighted by atomic mass is 16.5. The van der Waals surface area contributed by atoms with Crippen LogP contribution < -0.4 is 0 Å². The molecule has 5 nitrogen and oxygen atoms in total. The highest BCUT2D eigenvalue weighted by Crippen LogP contribution is 2.14. The van der Waals surface area contributed by atoms with E-state index in [1.165, 1.54) is 6.92 Å². The maximum Gasteiger partial charge on any atom is 0.338 e. The average Bonchev–Trinajstić information content (AvgIpc) is 2.99. The molecule has 0 spiro atoms. The van der Waals surface area contributed by atoms with Crippen LogP contribution >= 0.6 is 0 Å². The van der Waals surface area contributed by atoms with Crippen LogP contribution in [0.15, 0.2) is 30.3 Å². The Morgan fingerprint density at radius 2 is 2.04 bits per heavy atom. The number of hydrogen-bond acceptors (Lipinski definition) is 4. The van der Waals surface area contributed by atoms with Crippen molar-refractivity contribution in [2.45, 2.75) is 19.4 Å². The van der Waals surface area contributed by atoms with Crippen LogP contribution in [0, 0.1) is 11.8 Å². The molecule has 0 radical (unpaired) electrons. The number of benzene rings is 1. The van der Waals surface area contributed by atoms with E-state index in [1.807, 2.05) is 18.2 Å². The topological polar surface area (TPSA) is 49.9 Å². The summed E-state index contributed by atoms with van der Waals surface area (Å²) >= 11 is 0. The third-order valence-electron chi connectivity index (χ3n) is 3.79. The van der Waals surface area contributed by atoms with Crippen LogP contribution in [-0.4, -0.2) is 61.0 Å². The molecule has 0 saturated carbocycles. The summed E-state index contributed by atoms with van der Waals surface area (Å²) in [5.41, 5.74) is 0.581. The Hall–Kier alpha value is -2.32. The van der Waals surface area contributed by atoms with Crippen LogP contribution in [0.2, 0.25) is 0 Å². The Labute approximate surface area is 137 Å². The minimum Gasteiger partial charge on any atom is -0.457 e. The van der Waals surface area contributed by atoms with Gasteiger partial charge in [0.25, 0.3) is 0 Å². The summed E-state index contributed by atoms with van der Waals surface area (Å²) in [6.45, 7) is 4.16. The van der Waals surface area contributed by atoms with Crippen molar-refractivity contribution in [1.82, 2.24) is 9.80 Å². The second kappa shape index (κ2) is 8.35. The van der Waals surface area contributed by atoms with E-state index in [2.05, 4.69) is 16.7 Å². The molecule has 0 unspecified atom stereocenters. The first-order valence-electron chi connectivity index (χ1n) is 7.72. The molecule has 1 amide bonds. The quantitative estimate of drug-likeness (QED) is 0.623. The molecule has 1 aliphatic rings. The third kappa shape index (κ3) is 5.42. The van der Waals surface area contributed by atoms with Crippen LogP contribution in [-0.2, 0) is 9.53 Å². The van der Waals surface area contributed by atoms with E-state index in [9.17, 15) is 9.59 Å². The molecule has 0 aromatic heterocycles. The zero-order valence-electron chi connectivity index (χ0n) is 13.6. The predicted molar refractivity (Wildman–Crippen MR) is 87.8 cm³/mol. The van der Waals surface area contributed by atoms with Gasteiger partial charge in [0, 0.05) is 27.1 Å². The van der Waals surface area contributed by atoms with Crippen LogP contribution in [0.25, 0.3) is 0 Å². The third-order valence-corrected chi connectivity index (χ3v) is 3.79. The van der Waals surface area contributed by atoms with Crippen molar-refractivity contribution in [1.29, 1.82) is 0 Å². The van der Waals surface area contributed by atoms with Gasteiger partial charge < -0.3 is 9.64 Å². The Morgan fingerprint density at radius 3 is 2.74 bits per heavy atom. The number of ether oxygens (including phenoxy) is 1. The SMILES string of the molecule is CC(=O)N(C)CC#CCN1CC[C@@H](OC(=O)c2ccccc2)C1. The van der Waals surface area contributed by atoms with Crippen LogP contribution in [0.5, 0.6) is 0 Å². The van der Waals surface area contributed by atoms with Crippen molar-refractivity contribution in [2.75, 3.05) is 33.2 Å². The lowest BCUT2D eigenvalue weighted by molar-refractivity contribution is -0.126. The highest BCUT2D eigenvalue weighted by Gasteiger charge is 2.25. The number of esters is 1. The van der Waals surface area contributed by atoms with E-state index in [0.717, 1.165) is 13.0 Å². The van der Waals surface area contributed by atoms with Crippen molar-refractivity contribution in [2.24, 2.45) is 0 Å². The molecular formula is C18H22N2O3. The van der Waals surface area contributed by atoms with E-state index in [0.29, 0.717) is 25.2 Å². The maximum atomic E-state index is 12.0. The van der Waals surface area contributed by atoms with Gasteiger partial charge in [0.15, 0.2) is 0 Å². The maximum absolute atomic E-state index is 12.0. The van der Waals surface area contributed by atoms with E-state index < -0.39 is 0 Å². The molecule has 0 bridgehead atoms. The van der Waals surface area contributed by atoms with Gasteiger partial charge in [0.2, 0.25) is 5.91 Å². The van der Waals surface area contributed by atoms with Gasteiger partial charge >= 0.3 is 5.97 Å². The van der Waals surface area contributed by atoms with E-state index >= 15 is 0 Å². The van der Waals surface area contributed by atoms with Gasteiger partial charge in [-0.1, -0.05) is 30.0 Å². The van der Waals surface area contributed by atoms with E-state index in [1.54, 1.807) is 24.1 Å². The first-order valence-corrected chi connectivity index (χ1v) is 7.72. The Morgan fingerprint density at radius 1 is 1.30 bits per heavy atom. The highest BCUT2D eigenvalue weighted by molar-refractivity contribution is 5.89. The molecule has 23 heavy (non-hydrogen) atoms. The molecular weight excluding hydrogens is 292 g/mol. The molecule has 2 rings (SSSR count). The lowest BCUT2D eigenvalue weighted by Gasteiger charge is -2.14. The largest absolute Gasteiger partial charge is 0.457 e. The van der Waals surface area contributed by atoms with Crippen LogP contribution in [0.3, 0.4) is 0 Å². The molecule has 0 N–H and O–H groups in total. The van der Waals surface area contributed by atoms with Crippen LogP contribution in [0.4, 0.5) is 0 Å². The van der Waals surface area contributed by atoms with E-state index in [4.69, 9.17) is 4.74 Å². The minimum absolute atomic E-state index is 0.00774. The fourth-order valence-corrected chi connectivity index (χ4v) is 2.28. The molecule has 1 saturated heterocycles. The fraction of sp³-hybridized carbons (Fsp3) is 0.444. The molecule has 1 aliphatic heterocycles. The fourth-order valence-electron chi connectivity index (χ4n) is 2.28. The summed E-state index contributed by atoms with van der Waals surface area (Å²) in [6, 6.07) is 9.03. The number of rotatable bonds is 4. The summed E-state index contributed by atoms with van der Waals surface area (Å²) in [4.78, 5) is 26.8. The number of hydrogen-bond donors (Lipinski definition) is 0. The smallest absolute Gasteiger partial charge is 0.338 e. The number of carbonyl (C=O) groups is 2. The minimum atomic E-state index is -0.272. The monoisotopic (exact) mass is 314 g/mol. The predicted octanol–water partition coefficient (Wildman–Crippen LogP) is 1.40. The van der Waals surface area contributed by atoms with Crippen molar-refractivity contribution in [3.8, 4) is 11.8 Å². The summed E-state index contributed by atoms with van der Waals surface area (Å²) in [5.74, 6) is 5.78. The molecule has 1 aromatic carbocycles. The summed E-state index contributed by atoms with van der Waals surface area (Å²) in [7, 11) is 1.73. The second-order valence-electron chi connectivity index (χ2n) is 5.65. The van der Waals surface area contributed by atoms with Gasteiger partial charge in [0.05, 0.1) is 18.7 Å². The molecule has 1 heterocycles. The van der Waals surface area contributed by atoms with Crippen molar-refractivity contribution >= 4 is 11.9 Å². The van der Waals surface area contributed by atoms with Crippen molar-refractivity contribution in [3.05, 3.63) is 35.9 Å². The van der Waals surface area contributed by atoms with Gasteiger partial charge in [-0.15, -0.1) is 0 Å². The number of likely N-dealkylation sites (tertiary alicyclic amines) is 1. The molecule has 0 aliphatic carbocycles. The molecule has 1 aromatic rings. The standard InChI is InChI=1S/C18H22N2O3/c1-15(21)19(2)11-6-7-12-20-13-10-17(14-20)23-18(22)16-8-4-3-5-9-16/h3-5,8-9,17H,10-14H2,1-2H3/t17-/m1/s1. The number of nitrogens with zero attached hydrogens (tertiary/aromatic N) is 2. The van der Waals surface area contributed by atoms with Crippen molar-refractivity contribution < 1.29 is 14.3 Å². The summed E-state index contributed by atoms with van der Waals surface area (Å²) in [6.07, 6.45) is 0.748.